The van der Waals surface area contributed by atoms with Crippen LogP contribution in [0, 0.1) is 0 Å². The summed E-state index contributed by atoms with van der Waals surface area (Å²) in [5.41, 5.74) is 1.59. The molecule has 3 heterocycles. The minimum atomic E-state index is -0.275. The van der Waals surface area contributed by atoms with Gasteiger partial charge in [0.25, 0.3) is 0 Å². The first kappa shape index (κ1) is 17.3. The highest BCUT2D eigenvalue weighted by molar-refractivity contribution is 5.58. The Morgan fingerprint density at radius 1 is 0.857 bits per heavy atom. The van der Waals surface area contributed by atoms with Gasteiger partial charge in [-0.25, -0.2) is 0 Å². The Bertz CT molecular complexity index is 895. The Kier molecular flexibility index (Phi) is 4.29. The first-order valence-corrected chi connectivity index (χ1v) is 9.16. The van der Waals surface area contributed by atoms with Crippen LogP contribution in [0.1, 0.15) is 17.2 Å². The topological polar surface area (TPSA) is 78.9 Å². The molecule has 0 amide bonds. The van der Waals surface area contributed by atoms with Crippen molar-refractivity contribution in [2.75, 3.05) is 47.0 Å². The van der Waals surface area contributed by atoms with Crippen LogP contribution in [0.25, 0.3) is 0 Å². The molecule has 3 aliphatic heterocycles. The maximum Gasteiger partial charge on any atom is 0.231 e. The van der Waals surface area contributed by atoms with Crippen molar-refractivity contribution in [1.82, 2.24) is 4.90 Å². The molecular formula is C20H21NO7. The maximum atomic E-state index is 10.8. The van der Waals surface area contributed by atoms with E-state index in [0.717, 1.165) is 18.7 Å². The van der Waals surface area contributed by atoms with Gasteiger partial charge in [0.1, 0.15) is 11.5 Å². The third-order valence-electron chi connectivity index (χ3n) is 5.25. The molecule has 0 radical (unpaired) electrons. The van der Waals surface area contributed by atoms with Gasteiger partial charge in [-0.3, -0.25) is 4.90 Å². The summed E-state index contributed by atoms with van der Waals surface area (Å²) in [4.78, 5) is 2.25. The highest BCUT2D eigenvalue weighted by Gasteiger charge is 2.33. The number of phenolic OH excluding ortho intramolecular Hbond substituents is 1. The van der Waals surface area contributed by atoms with E-state index in [2.05, 4.69) is 4.90 Å². The second-order valence-electron chi connectivity index (χ2n) is 6.76. The highest BCUT2D eigenvalue weighted by atomic mass is 16.7. The van der Waals surface area contributed by atoms with E-state index in [1.54, 1.807) is 13.2 Å². The molecule has 1 N–H and O–H groups in total. The number of hydrogen-bond acceptors (Lipinski definition) is 8. The number of aromatic hydroxyl groups is 1. The lowest BCUT2D eigenvalue weighted by Gasteiger charge is -2.36. The maximum absolute atomic E-state index is 10.8. The van der Waals surface area contributed by atoms with Gasteiger partial charge < -0.3 is 33.5 Å². The largest absolute Gasteiger partial charge is 0.507 e. The van der Waals surface area contributed by atoms with Crippen molar-refractivity contribution in [3.63, 3.8) is 0 Å². The van der Waals surface area contributed by atoms with Gasteiger partial charge in [-0.15, -0.1) is 0 Å². The summed E-state index contributed by atoms with van der Waals surface area (Å²) in [6.07, 6.45) is 0. The molecular weight excluding hydrogens is 366 g/mol. The second-order valence-corrected chi connectivity index (χ2v) is 6.76. The third kappa shape index (κ3) is 2.85. The summed E-state index contributed by atoms with van der Waals surface area (Å²) in [5, 5.41) is 10.8. The standard InChI is InChI=1S/C20H21NO7/c1-23-15-9-19-17(26-11-28-19)7-13(15)20(21-2-4-24-5-3-21)12-6-16-18(8-14(12)22)27-10-25-16/h6-9,20,22H,2-5,10-11H2,1H3. The molecule has 1 atom stereocenters. The zero-order valence-electron chi connectivity index (χ0n) is 15.5. The molecule has 1 fully saturated rings. The normalized spacial score (nSPS) is 18.9. The molecule has 1 saturated heterocycles. The molecule has 3 aliphatic rings. The van der Waals surface area contributed by atoms with Gasteiger partial charge in [-0.1, -0.05) is 0 Å². The lowest BCUT2D eigenvalue weighted by molar-refractivity contribution is 0.0231. The number of fused-ring (bicyclic) bond motifs is 2. The summed E-state index contributed by atoms with van der Waals surface area (Å²) < 4.78 is 33.2. The van der Waals surface area contributed by atoms with Crippen molar-refractivity contribution >= 4 is 0 Å². The fourth-order valence-electron chi connectivity index (χ4n) is 3.89. The fraction of sp³-hybridized carbons (Fsp3) is 0.400. The Balaban J connectivity index is 1.66. The van der Waals surface area contributed by atoms with Crippen LogP contribution in [-0.2, 0) is 4.74 Å². The molecule has 2 aromatic carbocycles. The van der Waals surface area contributed by atoms with Crippen LogP contribution in [0.3, 0.4) is 0 Å². The number of benzene rings is 2. The first-order valence-electron chi connectivity index (χ1n) is 9.16. The molecule has 0 bridgehead atoms. The Morgan fingerprint density at radius 2 is 1.43 bits per heavy atom. The summed E-state index contributed by atoms with van der Waals surface area (Å²) in [6, 6.07) is 6.91. The molecule has 0 aliphatic carbocycles. The lowest BCUT2D eigenvalue weighted by atomic mass is 9.94. The lowest BCUT2D eigenvalue weighted by Crippen LogP contribution is -2.39. The van der Waals surface area contributed by atoms with Crippen molar-refractivity contribution in [2.45, 2.75) is 6.04 Å². The molecule has 8 heteroatoms. The molecule has 8 nitrogen and oxygen atoms in total. The molecule has 0 saturated carbocycles. The van der Waals surface area contributed by atoms with E-state index in [9.17, 15) is 5.11 Å². The third-order valence-corrected chi connectivity index (χ3v) is 5.25. The van der Waals surface area contributed by atoms with Gasteiger partial charge in [0.2, 0.25) is 13.6 Å². The zero-order valence-corrected chi connectivity index (χ0v) is 15.5. The average Bonchev–Trinajstić information content (AvgIpc) is 3.37. The summed E-state index contributed by atoms with van der Waals surface area (Å²) in [6.45, 7) is 3.00. The second kappa shape index (κ2) is 6.96. The van der Waals surface area contributed by atoms with Crippen LogP contribution >= 0.6 is 0 Å². The molecule has 1 unspecified atom stereocenters. The fourth-order valence-corrected chi connectivity index (χ4v) is 3.89. The van der Waals surface area contributed by atoms with Crippen molar-refractivity contribution in [3.05, 3.63) is 35.4 Å². The molecule has 2 aromatic rings. The minimum Gasteiger partial charge on any atom is -0.507 e. The van der Waals surface area contributed by atoms with Crippen molar-refractivity contribution in [1.29, 1.82) is 0 Å². The van der Waals surface area contributed by atoms with E-state index < -0.39 is 0 Å². The van der Waals surface area contributed by atoms with Crippen molar-refractivity contribution < 1.29 is 33.5 Å². The Labute approximate surface area is 162 Å². The van der Waals surface area contributed by atoms with Crippen LogP contribution in [-0.4, -0.2) is 57.0 Å². The quantitative estimate of drug-likeness (QED) is 0.856. The van der Waals surface area contributed by atoms with Crippen LogP contribution in [0.15, 0.2) is 24.3 Å². The van der Waals surface area contributed by atoms with E-state index in [1.165, 1.54) is 0 Å². The van der Waals surface area contributed by atoms with Gasteiger partial charge in [0, 0.05) is 36.3 Å². The SMILES string of the molecule is COc1cc2c(cc1C(c1cc3c(cc1O)OCO3)N1CCOCC1)OCO2. The van der Waals surface area contributed by atoms with E-state index in [1.807, 2.05) is 18.2 Å². The molecule has 0 spiro atoms. The van der Waals surface area contributed by atoms with Gasteiger partial charge in [-0.2, -0.15) is 0 Å². The molecule has 28 heavy (non-hydrogen) atoms. The number of hydrogen-bond donors (Lipinski definition) is 1. The van der Waals surface area contributed by atoms with Crippen molar-refractivity contribution in [2.24, 2.45) is 0 Å². The molecule has 5 rings (SSSR count). The van der Waals surface area contributed by atoms with Crippen LogP contribution in [0.5, 0.6) is 34.5 Å². The number of morpholine rings is 1. The molecule has 148 valence electrons. The van der Waals surface area contributed by atoms with Gasteiger partial charge in [-0.05, 0) is 12.1 Å². The van der Waals surface area contributed by atoms with Crippen LogP contribution in [0.4, 0.5) is 0 Å². The average molecular weight is 387 g/mol. The number of rotatable bonds is 4. The number of nitrogens with zero attached hydrogens (tertiary/aromatic N) is 1. The number of phenols is 1. The van der Waals surface area contributed by atoms with E-state index in [4.69, 9.17) is 28.4 Å². The monoisotopic (exact) mass is 387 g/mol. The van der Waals surface area contributed by atoms with E-state index >= 15 is 0 Å². The minimum absolute atomic E-state index is 0.139. The Hall–Kier alpha value is -2.84. The first-order chi connectivity index (χ1) is 13.7. The van der Waals surface area contributed by atoms with Crippen LogP contribution in [0.2, 0.25) is 0 Å². The summed E-state index contributed by atoms with van der Waals surface area (Å²) in [7, 11) is 1.62. The zero-order chi connectivity index (χ0) is 19.1. The Morgan fingerprint density at radius 3 is 2.07 bits per heavy atom. The summed E-state index contributed by atoms with van der Waals surface area (Å²) >= 11 is 0. The number of methoxy groups -OCH3 is 1. The predicted octanol–water partition coefficient (Wildman–Crippen LogP) is 2.28. The van der Waals surface area contributed by atoms with E-state index in [0.29, 0.717) is 47.5 Å². The summed E-state index contributed by atoms with van der Waals surface area (Å²) in [5.74, 6) is 3.27. The highest BCUT2D eigenvalue weighted by Crippen LogP contribution is 2.48. The molecule has 0 aromatic heterocycles. The predicted molar refractivity (Wildman–Crippen MR) is 97.6 cm³/mol. The van der Waals surface area contributed by atoms with Crippen LogP contribution < -0.4 is 23.7 Å². The smallest absolute Gasteiger partial charge is 0.231 e. The van der Waals surface area contributed by atoms with Gasteiger partial charge in [0.05, 0.1) is 26.4 Å². The van der Waals surface area contributed by atoms with E-state index in [-0.39, 0.29) is 25.4 Å². The van der Waals surface area contributed by atoms with Gasteiger partial charge in [0.15, 0.2) is 23.0 Å². The van der Waals surface area contributed by atoms with Crippen molar-refractivity contribution in [3.8, 4) is 34.5 Å². The number of ether oxygens (including phenoxy) is 6. The van der Waals surface area contributed by atoms with Gasteiger partial charge >= 0.3 is 0 Å².